The normalized spacial score (nSPS) is 20.9. The van der Waals surface area contributed by atoms with Crippen LogP contribution in [0.3, 0.4) is 0 Å². The van der Waals surface area contributed by atoms with E-state index >= 15 is 0 Å². The fourth-order valence-electron chi connectivity index (χ4n) is 4.74. The highest BCUT2D eigenvalue weighted by atomic mass is 14.5. The first-order valence-electron chi connectivity index (χ1n) is 8.87. The Morgan fingerprint density at radius 1 is 0.542 bits per heavy atom. The van der Waals surface area contributed by atoms with E-state index in [2.05, 4.69) is 84.9 Å². The molecular weight excluding hydrogens is 288 g/mol. The van der Waals surface area contributed by atoms with Crippen molar-refractivity contribution in [3.05, 3.63) is 113 Å². The maximum absolute atomic E-state index is 2.34. The second kappa shape index (κ2) is 5.49. The molecule has 2 aliphatic rings. The summed E-state index contributed by atoms with van der Waals surface area (Å²) in [5.74, 6) is 1.20. The van der Waals surface area contributed by atoms with Crippen LogP contribution in [0.4, 0.5) is 0 Å². The highest BCUT2D eigenvalue weighted by Crippen LogP contribution is 2.59. The zero-order valence-electron chi connectivity index (χ0n) is 13.7. The van der Waals surface area contributed by atoms with Crippen molar-refractivity contribution in [3.63, 3.8) is 0 Å². The molecule has 0 radical (unpaired) electrons. The van der Waals surface area contributed by atoms with Gasteiger partial charge in [-0.3, -0.25) is 0 Å². The van der Waals surface area contributed by atoms with Crippen LogP contribution in [0, 0.1) is 0 Å². The fourth-order valence-corrected chi connectivity index (χ4v) is 4.74. The first-order valence-corrected chi connectivity index (χ1v) is 8.87. The number of allylic oxidation sites excluding steroid dienone is 1. The molecule has 0 N–H and O–H groups in total. The molecule has 0 nitrogen and oxygen atoms in total. The van der Waals surface area contributed by atoms with E-state index in [4.69, 9.17) is 0 Å². The molecule has 3 aromatic rings. The van der Waals surface area contributed by atoms with Gasteiger partial charge in [0.2, 0.25) is 0 Å². The number of fused-ring (bicyclic) bond motifs is 5. The molecule has 0 aliphatic heterocycles. The van der Waals surface area contributed by atoms with Crippen molar-refractivity contribution >= 4 is 5.57 Å². The smallest absolute Gasteiger partial charge is 0.00670 e. The fraction of sp³-hybridized carbons (Fsp3) is 0.167. The van der Waals surface area contributed by atoms with Gasteiger partial charge in [-0.15, -0.1) is 0 Å². The molecule has 0 aromatic heterocycles. The second-order valence-corrected chi connectivity index (χ2v) is 6.87. The Morgan fingerprint density at radius 2 is 0.958 bits per heavy atom. The van der Waals surface area contributed by atoms with Gasteiger partial charge in [0.05, 0.1) is 0 Å². The molecule has 116 valence electrons. The summed E-state index contributed by atoms with van der Waals surface area (Å²) in [4.78, 5) is 0. The van der Waals surface area contributed by atoms with Crippen LogP contribution < -0.4 is 0 Å². The standard InChI is InChI=1S/C24H20/c1-3-9-17(10-4-1)23(18-11-5-2-6-12-18)24-21-15-16-22(24)20-14-8-7-13-19(20)21/h1-14,21-22H,15-16H2. The number of hydrogen-bond acceptors (Lipinski definition) is 0. The molecule has 0 spiro atoms. The highest BCUT2D eigenvalue weighted by Gasteiger charge is 2.42. The van der Waals surface area contributed by atoms with Crippen molar-refractivity contribution < 1.29 is 0 Å². The minimum atomic E-state index is 0.599. The van der Waals surface area contributed by atoms with Crippen LogP contribution in [0.2, 0.25) is 0 Å². The maximum atomic E-state index is 2.34. The van der Waals surface area contributed by atoms with Gasteiger partial charge in [0.1, 0.15) is 0 Å². The Kier molecular flexibility index (Phi) is 3.16. The van der Waals surface area contributed by atoms with Crippen LogP contribution in [0.5, 0.6) is 0 Å². The van der Waals surface area contributed by atoms with Gasteiger partial charge >= 0.3 is 0 Å². The molecule has 2 aliphatic carbocycles. The molecule has 24 heavy (non-hydrogen) atoms. The first kappa shape index (κ1) is 13.8. The molecular formula is C24H20. The molecule has 0 heterocycles. The lowest BCUT2D eigenvalue weighted by atomic mass is 9.87. The molecule has 3 aromatic carbocycles. The van der Waals surface area contributed by atoms with Crippen molar-refractivity contribution in [2.75, 3.05) is 0 Å². The highest BCUT2D eigenvalue weighted by molar-refractivity contribution is 5.85. The second-order valence-electron chi connectivity index (χ2n) is 6.87. The Morgan fingerprint density at radius 3 is 1.42 bits per heavy atom. The number of benzene rings is 3. The van der Waals surface area contributed by atoms with Crippen LogP contribution in [-0.4, -0.2) is 0 Å². The summed E-state index contributed by atoms with van der Waals surface area (Å²) in [5.41, 5.74) is 8.93. The molecule has 2 atom stereocenters. The molecule has 2 bridgehead atoms. The Hall–Kier alpha value is -2.60. The van der Waals surface area contributed by atoms with Gasteiger partial charge in [-0.2, -0.15) is 0 Å². The summed E-state index contributed by atoms with van der Waals surface area (Å²) in [5, 5.41) is 0. The number of hydrogen-bond donors (Lipinski definition) is 0. The van der Waals surface area contributed by atoms with E-state index in [9.17, 15) is 0 Å². The Bertz CT molecular complexity index is 829. The molecule has 0 saturated heterocycles. The van der Waals surface area contributed by atoms with Crippen molar-refractivity contribution in [2.45, 2.75) is 24.7 Å². The lowest BCUT2D eigenvalue weighted by Crippen LogP contribution is -1.97. The molecule has 2 unspecified atom stereocenters. The van der Waals surface area contributed by atoms with E-state index in [-0.39, 0.29) is 0 Å². The van der Waals surface area contributed by atoms with Gasteiger partial charge in [0, 0.05) is 11.8 Å². The molecule has 0 amide bonds. The van der Waals surface area contributed by atoms with Crippen molar-refractivity contribution in [1.82, 2.24) is 0 Å². The predicted octanol–water partition coefficient (Wildman–Crippen LogP) is 6.16. The van der Waals surface area contributed by atoms with Gasteiger partial charge in [0.25, 0.3) is 0 Å². The van der Waals surface area contributed by atoms with Crippen molar-refractivity contribution in [1.29, 1.82) is 0 Å². The lowest BCUT2D eigenvalue weighted by molar-refractivity contribution is 0.717. The van der Waals surface area contributed by atoms with Gasteiger partial charge < -0.3 is 0 Å². The summed E-state index contributed by atoms with van der Waals surface area (Å²) in [6, 6.07) is 31.0. The van der Waals surface area contributed by atoms with Gasteiger partial charge in [-0.05, 0) is 46.2 Å². The van der Waals surface area contributed by atoms with E-state index in [0.29, 0.717) is 11.8 Å². The van der Waals surface area contributed by atoms with E-state index in [0.717, 1.165) is 0 Å². The molecule has 0 heteroatoms. The van der Waals surface area contributed by atoms with E-state index in [1.165, 1.54) is 29.5 Å². The van der Waals surface area contributed by atoms with E-state index in [1.54, 1.807) is 16.7 Å². The van der Waals surface area contributed by atoms with E-state index < -0.39 is 0 Å². The maximum Gasteiger partial charge on any atom is 0.00670 e. The van der Waals surface area contributed by atoms with Gasteiger partial charge in [-0.25, -0.2) is 0 Å². The topological polar surface area (TPSA) is 0 Å². The zero-order chi connectivity index (χ0) is 15.9. The van der Waals surface area contributed by atoms with Crippen LogP contribution in [0.25, 0.3) is 5.57 Å². The SMILES string of the molecule is c1ccc(C(=C2C3CCC2c2ccccc23)c2ccccc2)cc1. The van der Waals surface area contributed by atoms with Crippen LogP contribution in [0.1, 0.15) is 46.9 Å². The molecule has 1 saturated carbocycles. The first-order chi connectivity index (χ1) is 11.9. The van der Waals surface area contributed by atoms with Gasteiger partial charge in [-0.1, -0.05) is 84.9 Å². The van der Waals surface area contributed by atoms with Crippen molar-refractivity contribution in [3.8, 4) is 0 Å². The third-order valence-electron chi connectivity index (χ3n) is 5.66. The summed E-state index contributed by atoms with van der Waals surface area (Å²) >= 11 is 0. The molecule has 5 rings (SSSR count). The summed E-state index contributed by atoms with van der Waals surface area (Å²) < 4.78 is 0. The quantitative estimate of drug-likeness (QED) is 0.531. The summed E-state index contributed by atoms with van der Waals surface area (Å²) in [6.07, 6.45) is 2.58. The summed E-state index contributed by atoms with van der Waals surface area (Å²) in [7, 11) is 0. The van der Waals surface area contributed by atoms with Gasteiger partial charge in [0.15, 0.2) is 0 Å². The van der Waals surface area contributed by atoms with Crippen LogP contribution >= 0.6 is 0 Å². The average Bonchev–Trinajstić information content (AvgIpc) is 3.21. The van der Waals surface area contributed by atoms with Crippen LogP contribution in [-0.2, 0) is 0 Å². The zero-order valence-corrected chi connectivity index (χ0v) is 13.7. The average molecular weight is 308 g/mol. The predicted molar refractivity (Wildman–Crippen MR) is 100 cm³/mol. The minimum absolute atomic E-state index is 0.599. The largest absolute Gasteiger partial charge is 0.0622 e. The van der Waals surface area contributed by atoms with Crippen molar-refractivity contribution in [2.24, 2.45) is 0 Å². The lowest BCUT2D eigenvalue weighted by Gasteiger charge is -2.16. The monoisotopic (exact) mass is 308 g/mol. The van der Waals surface area contributed by atoms with E-state index in [1.807, 2.05) is 0 Å². The molecule has 1 fully saturated rings. The number of rotatable bonds is 2. The van der Waals surface area contributed by atoms with Crippen LogP contribution in [0.15, 0.2) is 90.5 Å². The third-order valence-corrected chi connectivity index (χ3v) is 5.66. The Labute approximate surface area is 143 Å². The minimum Gasteiger partial charge on any atom is -0.0622 e. The summed E-state index contributed by atoms with van der Waals surface area (Å²) in [6.45, 7) is 0. The Balaban J connectivity index is 1.79. The third kappa shape index (κ3) is 1.99.